The van der Waals surface area contributed by atoms with E-state index >= 15 is 0 Å². The van der Waals surface area contributed by atoms with E-state index in [-0.39, 0.29) is 18.0 Å². The van der Waals surface area contributed by atoms with Gasteiger partial charge in [-0.05, 0) is 45.6 Å². The summed E-state index contributed by atoms with van der Waals surface area (Å²) in [5, 5.41) is 11.1. The Bertz CT molecular complexity index is 1380. The number of amides is 1. The summed E-state index contributed by atoms with van der Waals surface area (Å²) in [4.78, 5) is 28.3. The van der Waals surface area contributed by atoms with Crippen LogP contribution in [0, 0.1) is 0 Å². The average molecular weight is 605 g/mol. The van der Waals surface area contributed by atoms with Crippen molar-refractivity contribution in [2.45, 2.75) is 24.9 Å². The number of hydrogen-bond donors (Lipinski definition) is 3. The van der Waals surface area contributed by atoms with Crippen LogP contribution >= 0.6 is 23.2 Å². The van der Waals surface area contributed by atoms with E-state index in [0.717, 1.165) is 18.4 Å². The van der Waals surface area contributed by atoms with Crippen LogP contribution in [0.2, 0.25) is 10.0 Å². The lowest BCUT2D eigenvalue weighted by Gasteiger charge is -2.32. The van der Waals surface area contributed by atoms with Gasteiger partial charge in [0.2, 0.25) is 11.9 Å². The molecule has 0 bridgehead atoms. The third-order valence-electron chi connectivity index (χ3n) is 6.65. The second-order valence-electron chi connectivity index (χ2n) is 9.79. The van der Waals surface area contributed by atoms with Gasteiger partial charge in [-0.2, -0.15) is 0 Å². The minimum atomic E-state index is -0.240. The summed E-state index contributed by atoms with van der Waals surface area (Å²) in [5.41, 5.74) is 1.60. The monoisotopic (exact) mass is 603 g/mol. The predicted molar refractivity (Wildman–Crippen MR) is 163 cm³/mol. The Hall–Kier alpha value is -3.38. The lowest BCUT2D eigenvalue weighted by molar-refractivity contribution is -0.117. The van der Waals surface area contributed by atoms with Gasteiger partial charge in [-0.3, -0.25) is 4.79 Å². The number of aromatic nitrogens is 3. The minimum absolute atomic E-state index is 0.162. The summed E-state index contributed by atoms with van der Waals surface area (Å²) in [5.74, 6) is 1.52. The maximum absolute atomic E-state index is 12.0. The highest BCUT2D eigenvalue weighted by Crippen LogP contribution is 2.46. The van der Waals surface area contributed by atoms with Gasteiger partial charge in [-0.25, -0.2) is 15.0 Å². The fourth-order valence-electron chi connectivity index (χ4n) is 4.53. The standard InChI is InChI=1S/C28H35Cl2N7O4/c1-6-22(38)33-17-8-11-41-15-19(17)35-28-32-14-16-12-18(23-24(29)20(39-4)13-21(40-5)25(23)30)34-27(26(16)36-28)31-9-7-10-37(2)3/h6,12-14,17,19H,1,7-11,15H2,2-5H3,(H,31,34)(H,33,38)(H,32,35,36)/t17-,19+/m0/s1. The molecule has 2 atom stereocenters. The molecule has 13 heteroatoms. The van der Waals surface area contributed by atoms with Crippen LogP contribution in [0.1, 0.15) is 12.8 Å². The molecule has 3 aromatic rings. The molecule has 0 spiro atoms. The van der Waals surface area contributed by atoms with Crippen molar-refractivity contribution in [1.82, 2.24) is 25.2 Å². The Kier molecular flexibility index (Phi) is 10.4. The van der Waals surface area contributed by atoms with Gasteiger partial charge in [-0.1, -0.05) is 29.8 Å². The van der Waals surface area contributed by atoms with E-state index in [0.29, 0.717) is 76.3 Å². The van der Waals surface area contributed by atoms with Crippen molar-refractivity contribution in [2.75, 3.05) is 65.3 Å². The molecule has 1 aliphatic heterocycles. The van der Waals surface area contributed by atoms with E-state index in [4.69, 9.17) is 47.4 Å². The third-order valence-corrected chi connectivity index (χ3v) is 7.40. The molecule has 0 aliphatic carbocycles. The van der Waals surface area contributed by atoms with Gasteiger partial charge in [0.05, 0.1) is 48.6 Å². The SMILES string of the molecule is C=CC(=O)N[C@H]1CCOC[C@H]1Nc1ncc2cc(-c3c(Cl)c(OC)cc(OC)c3Cl)nc(NCCCN(C)C)c2n1. The molecule has 1 aromatic carbocycles. The molecule has 0 saturated carbocycles. The normalized spacial score (nSPS) is 16.9. The van der Waals surface area contributed by atoms with Gasteiger partial charge in [-0.15, -0.1) is 0 Å². The summed E-state index contributed by atoms with van der Waals surface area (Å²) < 4.78 is 16.6. The molecule has 1 amide bonds. The van der Waals surface area contributed by atoms with Gasteiger partial charge in [0, 0.05) is 36.4 Å². The van der Waals surface area contributed by atoms with Gasteiger partial charge < -0.3 is 35.1 Å². The molecule has 1 fully saturated rings. The molecule has 0 radical (unpaired) electrons. The van der Waals surface area contributed by atoms with Crippen LogP contribution in [0.3, 0.4) is 0 Å². The van der Waals surface area contributed by atoms with Gasteiger partial charge in [0.1, 0.15) is 17.0 Å². The molecule has 11 nitrogen and oxygen atoms in total. The van der Waals surface area contributed by atoms with Crippen LogP contribution in [0.4, 0.5) is 11.8 Å². The number of halogens is 2. The molecule has 1 aliphatic rings. The zero-order valence-electron chi connectivity index (χ0n) is 23.6. The van der Waals surface area contributed by atoms with E-state index in [1.165, 1.54) is 20.3 Å². The molecule has 1 saturated heterocycles. The van der Waals surface area contributed by atoms with E-state index in [9.17, 15) is 4.79 Å². The molecular weight excluding hydrogens is 569 g/mol. The number of benzene rings is 1. The number of rotatable bonds is 12. The lowest BCUT2D eigenvalue weighted by Crippen LogP contribution is -2.52. The highest BCUT2D eigenvalue weighted by Gasteiger charge is 2.28. The average Bonchev–Trinajstić information content (AvgIpc) is 2.96. The number of methoxy groups -OCH3 is 2. The highest BCUT2D eigenvalue weighted by molar-refractivity contribution is 6.41. The summed E-state index contributed by atoms with van der Waals surface area (Å²) in [6.45, 7) is 6.04. The van der Waals surface area contributed by atoms with E-state index < -0.39 is 0 Å². The molecule has 2 aromatic heterocycles. The van der Waals surface area contributed by atoms with Crippen molar-refractivity contribution in [3.05, 3.63) is 41.0 Å². The van der Waals surface area contributed by atoms with Crippen LogP contribution in [-0.4, -0.2) is 92.5 Å². The first-order valence-electron chi connectivity index (χ1n) is 13.2. The van der Waals surface area contributed by atoms with Crippen molar-refractivity contribution in [1.29, 1.82) is 0 Å². The van der Waals surface area contributed by atoms with Crippen molar-refractivity contribution in [2.24, 2.45) is 0 Å². The Morgan fingerprint density at radius 1 is 1.17 bits per heavy atom. The first-order valence-corrected chi connectivity index (χ1v) is 13.9. The fraction of sp³-hybridized carbons (Fsp3) is 0.429. The van der Waals surface area contributed by atoms with E-state index in [1.54, 1.807) is 12.3 Å². The Morgan fingerprint density at radius 2 is 1.90 bits per heavy atom. The third kappa shape index (κ3) is 7.28. The largest absolute Gasteiger partial charge is 0.495 e. The smallest absolute Gasteiger partial charge is 0.243 e. The number of pyridine rings is 1. The van der Waals surface area contributed by atoms with E-state index in [2.05, 4.69) is 32.4 Å². The number of carbonyl (C=O) groups excluding carboxylic acids is 1. The summed E-state index contributed by atoms with van der Waals surface area (Å²) in [6.07, 6.45) is 4.50. The van der Waals surface area contributed by atoms with Crippen molar-refractivity contribution < 1.29 is 19.0 Å². The number of fused-ring (bicyclic) bond motifs is 1. The van der Waals surface area contributed by atoms with Crippen LogP contribution in [0.5, 0.6) is 11.5 Å². The number of carbonyl (C=O) groups is 1. The summed E-state index contributed by atoms with van der Waals surface area (Å²) >= 11 is 13.4. The minimum Gasteiger partial charge on any atom is -0.495 e. The Labute approximate surface area is 249 Å². The van der Waals surface area contributed by atoms with Gasteiger partial charge in [0.25, 0.3) is 0 Å². The van der Waals surface area contributed by atoms with Crippen molar-refractivity contribution in [3.8, 4) is 22.8 Å². The first-order chi connectivity index (χ1) is 19.7. The number of ether oxygens (including phenoxy) is 3. The fourth-order valence-corrected chi connectivity index (χ4v) is 5.23. The first kappa shape index (κ1) is 30.6. The maximum atomic E-state index is 12.0. The highest BCUT2D eigenvalue weighted by atomic mass is 35.5. The molecule has 220 valence electrons. The van der Waals surface area contributed by atoms with Crippen LogP contribution in [0.15, 0.2) is 31.0 Å². The Balaban J connectivity index is 1.75. The predicted octanol–water partition coefficient (Wildman–Crippen LogP) is 4.25. The maximum Gasteiger partial charge on any atom is 0.243 e. The molecular formula is C28H35Cl2N7O4. The van der Waals surface area contributed by atoms with Crippen LogP contribution in [-0.2, 0) is 9.53 Å². The van der Waals surface area contributed by atoms with Crippen LogP contribution < -0.4 is 25.4 Å². The number of nitrogens with one attached hydrogen (secondary N) is 3. The molecule has 3 heterocycles. The summed E-state index contributed by atoms with van der Waals surface area (Å²) in [7, 11) is 7.10. The second kappa shape index (κ2) is 14.0. The van der Waals surface area contributed by atoms with Crippen molar-refractivity contribution >= 4 is 51.8 Å². The zero-order chi connectivity index (χ0) is 29.5. The number of nitrogens with zero attached hydrogens (tertiary/aromatic N) is 4. The molecule has 3 N–H and O–H groups in total. The van der Waals surface area contributed by atoms with Crippen LogP contribution in [0.25, 0.3) is 22.2 Å². The Morgan fingerprint density at radius 3 is 2.56 bits per heavy atom. The second-order valence-corrected chi connectivity index (χ2v) is 10.5. The van der Waals surface area contributed by atoms with E-state index in [1.807, 2.05) is 20.2 Å². The lowest BCUT2D eigenvalue weighted by atomic mass is 10.0. The summed E-state index contributed by atoms with van der Waals surface area (Å²) in [6, 6.07) is 3.07. The molecule has 0 unspecified atom stereocenters. The molecule has 41 heavy (non-hydrogen) atoms. The van der Waals surface area contributed by atoms with Gasteiger partial charge >= 0.3 is 0 Å². The number of hydrogen-bond acceptors (Lipinski definition) is 10. The molecule has 4 rings (SSSR count). The topological polar surface area (TPSA) is 123 Å². The quantitative estimate of drug-likeness (QED) is 0.204. The zero-order valence-corrected chi connectivity index (χ0v) is 25.1. The van der Waals surface area contributed by atoms with Gasteiger partial charge in [0.15, 0.2) is 5.82 Å². The van der Waals surface area contributed by atoms with Crippen molar-refractivity contribution in [3.63, 3.8) is 0 Å². The number of anilines is 2.